The lowest BCUT2D eigenvalue weighted by molar-refractivity contribution is -0.180. The van der Waals surface area contributed by atoms with Crippen LogP contribution in [0.4, 0.5) is 0 Å². The quantitative estimate of drug-likeness (QED) is 0.632. The summed E-state index contributed by atoms with van der Waals surface area (Å²) in [5.41, 5.74) is 0. The first-order valence-corrected chi connectivity index (χ1v) is 5.99. The van der Waals surface area contributed by atoms with E-state index in [0.29, 0.717) is 0 Å². The molecule has 2 atom stereocenters. The Morgan fingerprint density at radius 2 is 1.57 bits per heavy atom. The Hall–Kier alpha value is -0.0800. The van der Waals surface area contributed by atoms with Crippen LogP contribution >= 0.6 is 0 Å². The van der Waals surface area contributed by atoms with Crippen LogP contribution in [0.15, 0.2) is 0 Å². The first-order chi connectivity index (χ1) is 6.63. The van der Waals surface area contributed by atoms with Crippen molar-refractivity contribution in [2.24, 2.45) is 0 Å². The molecule has 0 saturated carbocycles. The minimum absolute atomic E-state index is 0.247. The van der Waals surface area contributed by atoms with Crippen molar-refractivity contribution in [3.63, 3.8) is 0 Å². The van der Waals surface area contributed by atoms with E-state index in [0.717, 1.165) is 12.8 Å². The number of unbranched alkanes of at least 4 members (excludes halogenated alkanes) is 2. The molecule has 0 spiro atoms. The molecule has 0 bridgehead atoms. The highest BCUT2D eigenvalue weighted by molar-refractivity contribution is 4.80. The molecule has 1 saturated heterocycles. The summed E-state index contributed by atoms with van der Waals surface area (Å²) in [4.78, 5) is 0. The van der Waals surface area contributed by atoms with Crippen molar-refractivity contribution in [1.29, 1.82) is 0 Å². The molecule has 1 heterocycles. The van der Waals surface area contributed by atoms with Crippen molar-refractivity contribution in [3.05, 3.63) is 0 Å². The summed E-state index contributed by atoms with van der Waals surface area (Å²) in [5.74, 6) is -0.270. The van der Waals surface area contributed by atoms with Crippen LogP contribution in [0, 0.1) is 0 Å². The van der Waals surface area contributed by atoms with Crippen LogP contribution in [0.5, 0.6) is 0 Å². The molecule has 1 aliphatic heterocycles. The van der Waals surface area contributed by atoms with E-state index in [1.54, 1.807) is 0 Å². The smallest absolute Gasteiger partial charge is 0.168 e. The summed E-state index contributed by atoms with van der Waals surface area (Å²) in [7, 11) is 0. The van der Waals surface area contributed by atoms with Crippen LogP contribution in [-0.2, 0) is 9.47 Å². The Kier molecular flexibility index (Phi) is 4.39. The van der Waals surface area contributed by atoms with Gasteiger partial charge in [-0.05, 0) is 26.7 Å². The molecule has 84 valence electrons. The molecule has 0 N–H and O–H groups in total. The van der Waals surface area contributed by atoms with Gasteiger partial charge >= 0.3 is 0 Å². The maximum atomic E-state index is 5.93. The van der Waals surface area contributed by atoms with Gasteiger partial charge in [0.25, 0.3) is 0 Å². The minimum Gasteiger partial charge on any atom is -0.344 e. The van der Waals surface area contributed by atoms with Crippen LogP contribution in [0.1, 0.15) is 59.8 Å². The molecule has 2 heteroatoms. The van der Waals surface area contributed by atoms with Crippen molar-refractivity contribution in [2.45, 2.75) is 77.8 Å². The van der Waals surface area contributed by atoms with Gasteiger partial charge in [-0.25, -0.2) is 0 Å². The minimum atomic E-state index is -0.270. The fraction of sp³-hybridized carbons (Fsp3) is 1.00. The maximum absolute atomic E-state index is 5.93. The van der Waals surface area contributed by atoms with Gasteiger partial charge in [0.1, 0.15) is 0 Å². The lowest BCUT2D eigenvalue weighted by Crippen LogP contribution is -2.29. The topological polar surface area (TPSA) is 18.5 Å². The molecule has 1 aliphatic rings. The SMILES string of the molecule is CCCCCC1(CC)O[C@@H](C)[C@H](C)O1. The van der Waals surface area contributed by atoms with E-state index in [2.05, 4.69) is 27.7 Å². The molecule has 2 nitrogen and oxygen atoms in total. The molecule has 0 amide bonds. The third-order valence-corrected chi connectivity index (χ3v) is 3.16. The molecule has 0 aliphatic carbocycles. The van der Waals surface area contributed by atoms with Crippen molar-refractivity contribution >= 4 is 0 Å². The Balaban J connectivity index is 2.43. The second-order valence-corrected chi connectivity index (χ2v) is 4.37. The predicted molar refractivity (Wildman–Crippen MR) is 58.3 cm³/mol. The van der Waals surface area contributed by atoms with Crippen molar-refractivity contribution < 1.29 is 9.47 Å². The van der Waals surface area contributed by atoms with Crippen LogP contribution in [0.2, 0.25) is 0 Å². The summed E-state index contributed by atoms with van der Waals surface area (Å²) in [6.07, 6.45) is 6.25. The summed E-state index contributed by atoms with van der Waals surface area (Å²) < 4.78 is 11.9. The molecule has 0 radical (unpaired) electrons. The van der Waals surface area contributed by atoms with Gasteiger partial charge in [-0.3, -0.25) is 0 Å². The van der Waals surface area contributed by atoms with Crippen LogP contribution in [-0.4, -0.2) is 18.0 Å². The third kappa shape index (κ3) is 2.71. The fourth-order valence-corrected chi connectivity index (χ4v) is 2.00. The second-order valence-electron chi connectivity index (χ2n) is 4.37. The second kappa shape index (κ2) is 5.13. The highest BCUT2D eigenvalue weighted by Crippen LogP contribution is 2.35. The monoisotopic (exact) mass is 200 g/mol. The van der Waals surface area contributed by atoms with Gasteiger partial charge < -0.3 is 9.47 Å². The van der Waals surface area contributed by atoms with Crippen molar-refractivity contribution in [3.8, 4) is 0 Å². The van der Waals surface area contributed by atoms with Crippen molar-refractivity contribution in [2.75, 3.05) is 0 Å². The third-order valence-electron chi connectivity index (χ3n) is 3.16. The highest BCUT2D eigenvalue weighted by atomic mass is 16.8. The number of ether oxygens (including phenoxy) is 2. The van der Waals surface area contributed by atoms with E-state index in [4.69, 9.17) is 9.47 Å². The molecule has 0 unspecified atom stereocenters. The molecular weight excluding hydrogens is 176 g/mol. The van der Waals surface area contributed by atoms with Gasteiger partial charge in [-0.2, -0.15) is 0 Å². The molecule has 1 fully saturated rings. The zero-order valence-electron chi connectivity index (χ0n) is 10.0. The van der Waals surface area contributed by atoms with Crippen LogP contribution < -0.4 is 0 Å². The molecular formula is C12H24O2. The Morgan fingerprint density at radius 3 is 2.00 bits per heavy atom. The Bertz CT molecular complexity index is 158. The average molecular weight is 200 g/mol. The van der Waals surface area contributed by atoms with E-state index in [-0.39, 0.29) is 18.0 Å². The predicted octanol–water partition coefficient (Wildman–Crippen LogP) is 3.50. The first kappa shape index (κ1) is 12.0. The van der Waals surface area contributed by atoms with Crippen molar-refractivity contribution in [1.82, 2.24) is 0 Å². The Labute approximate surface area is 88.0 Å². The summed E-state index contributed by atoms with van der Waals surface area (Å²) in [6, 6.07) is 0. The number of hydrogen-bond acceptors (Lipinski definition) is 2. The lowest BCUT2D eigenvalue weighted by Gasteiger charge is -2.26. The van der Waals surface area contributed by atoms with E-state index in [1.165, 1.54) is 19.3 Å². The van der Waals surface area contributed by atoms with E-state index in [9.17, 15) is 0 Å². The molecule has 0 aromatic heterocycles. The number of hydrogen-bond donors (Lipinski definition) is 0. The van der Waals surface area contributed by atoms with Gasteiger partial charge in [-0.15, -0.1) is 0 Å². The van der Waals surface area contributed by atoms with Gasteiger partial charge in [-0.1, -0.05) is 26.7 Å². The first-order valence-electron chi connectivity index (χ1n) is 5.99. The normalized spacial score (nSPS) is 30.9. The van der Waals surface area contributed by atoms with E-state index >= 15 is 0 Å². The van der Waals surface area contributed by atoms with Crippen LogP contribution in [0.3, 0.4) is 0 Å². The number of rotatable bonds is 5. The average Bonchev–Trinajstić information content (AvgIpc) is 2.44. The maximum Gasteiger partial charge on any atom is 0.168 e. The summed E-state index contributed by atoms with van der Waals surface area (Å²) in [5, 5.41) is 0. The Morgan fingerprint density at radius 1 is 1.00 bits per heavy atom. The molecule has 0 aromatic rings. The largest absolute Gasteiger partial charge is 0.344 e. The lowest BCUT2D eigenvalue weighted by atomic mass is 10.1. The van der Waals surface area contributed by atoms with E-state index < -0.39 is 0 Å². The zero-order valence-corrected chi connectivity index (χ0v) is 10.0. The summed E-state index contributed by atoms with van der Waals surface area (Å²) in [6.45, 7) is 8.57. The summed E-state index contributed by atoms with van der Waals surface area (Å²) >= 11 is 0. The van der Waals surface area contributed by atoms with Gasteiger partial charge in [0.05, 0.1) is 12.2 Å². The molecule has 0 aromatic carbocycles. The fourth-order valence-electron chi connectivity index (χ4n) is 2.00. The zero-order chi connectivity index (χ0) is 10.6. The van der Waals surface area contributed by atoms with Crippen LogP contribution in [0.25, 0.3) is 0 Å². The molecule has 1 rings (SSSR count). The van der Waals surface area contributed by atoms with E-state index in [1.807, 2.05) is 0 Å². The van der Waals surface area contributed by atoms with Gasteiger partial charge in [0.2, 0.25) is 0 Å². The van der Waals surface area contributed by atoms with Gasteiger partial charge in [0, 0.05) is 6.42 Å². The highest BCUT2D eigenvalue weighted by Gasteiger charge is 2.41. The standard InChI is InChI=1S/C12H24O2/c1-5-7-8-9-12(6-2)13-10(3)11(4)14-12/h10-11H,5-9H2,1-4H3/t10-,11-/m0/s1. The molecule has 14 heavy (non-hydrogen) atoms. The van der Waals surface area contributed by atoms with Gasteiger partial charge in [0.15, 0.2) is 5.79 Å².